The SMILES string of the molecule is Cc1ccc2nc(C(C)CN)sc2c1. The molecule has 0 aliphatic heterocycles. The predicted octanol–water partition coefficient (Wildman–Crippen LogP) is 2.67. The zero-order chi connectivity index (χ0) is 10.1. The van der Waals surface area contributed by atoms with Crippen LogP contribution in [0.25, 0.3) is 10.2 Å². The summed E-state index contributed by atoms with van der Waals surface area (Å²) < 4.78 is 1.26. The fraction of sp³-hybridized carbons (Fsp3) is 0.364. The van der Waals surface area contributed by atoms with Crippen LogP contribution in [0.5, 0.6) is 0 Å². The van der Waals surface area contributed by atoms with Crippen molar-refractivity contribution in [1.82, 2.24) is 4.98 Å². The minimum Gasteiger partial charge on any atom is -0.330 e. The van der Waals surface area contributed by atoms with Gasteiger partial charge in [-0.25, -0.2) is 4.98 Å². The minimum atomic E-state index is 0.368. The van der Waals surface area contributed by atoms with E-state index >= 15 is 0 Å². The second-order valence-corrected chi connectivity index (χ2v) is 4.72. The Hall–Kier alpha value is -0.930. The van der Waals surface area contributed by atoms with Gasteiger partial charge in [0.1, 0.15) is 0 Å². The average molecular weight is 206 g/mol. The number of aryl methyl sites for hydroxylation is 1. The van der Waals surface area contributed by atoms with Crippen LogP contribution in [0.2, 0.25) is 0 Å². The molecular weight excluding hydrogens is 192 g/mol. The maximum absolute atomic E-state index is 5.62. The van der Waals surface area contributed by atoms with Crippen LogP contribution in [0.3, 0.4) is 0 Å². The van der Waals surface area contributed by atoms with E-state index in [2.05, 4.69) is 37.0 Å². The molecule has 0 fully saturated rings. The van der Waals surface area contributed by atoms with Gasteiger partial charge in [0.05, 0.1) is 15.2 Å². The Morgan fingerprint density at radius 3 is 3.00 bits per heavy atom. The van der Waals surface area contributed by atoms with Crippen molar-refractivity contribution < 1.29 is 0 Å². The number of rotatable bonds is 2. The molecule has 3 heteroatoms. The van der Waals surface area contributed by atoms with Crippen LogP contribution in [0.1, 0.15) is 23.4 Å². The molecule has 1 aromatic carbocycles. The van der Waals surface area contributed by atoms with Crippen molar-refractivity contribution in [3.8, 4) is 0 Å². The molecule has 0 aliphatic rings. The molecule has 0 amide bonds. The second kappa shape index (κ2) is 3.67. The number of benzene rings is 1. The van der Waals surface area contributed by atoms with E-state index in [1.807, 2.05) is 0 Å². The van der Waals surface area contributed by atoms with Crippen LogP contribution in [-0.2, 0) is 0 Å². The normalized spacial score (nSPS) is 13.4. The highest BCUT2D eigenvalue weighted by atomic mass is 32.1. The quantitative estimate of drug-likeness (QED) is 0.820. The van der Waals surface area contributed by atoms with Gasteiger partial charge >= 0.3 is 0 Å². The number of nitrogens with two attached hydrogens (primary N) is 1. The summed E-state index contributed by atoms with van der Waals surface area (Å²) in [7, 11) is 0. The molecule has 0 aliphatic carbocycles. The molecule has 0 radical (unpaired) electrons. The van der Waals surface area contributed by atoms with E-state index in [-0.39, 0.29) is 0 Å². The Labute approximate surface area is 87.8 Å². The summed E-state index contributed by atoms with van der Waals surface area (Å²) in [6, 6.07) is 6.35. The van der Waals surface area contributed by atoms with Crippen molar-refractivity contribution in [2.45, 2.75) is 19.8 Å². The standard InChI is InChI=1S/C11H14N2S/c1-7-3-4-9-10(5-7)14-11(13-9)8(2)6-12/h3-5,8H,6,12H2,1-2H3. The lowest BCUT2D eigenvalue weighted by atomic mass is 10.2. The molecule has 14 heavy (non-hydrogen) atoms. The largest absolute Gasteiger partial charge is 0.330 e. The zero-order valence-electron chi connectivity index (χ0n) is 8.45. The molecule has 2 aromatic rings. The molecular formula is C11H14N2S. The van der Waals surface area contributed by atoms with Gasteiger partial charge in [-0.15, -0.1) is 11.3 Å². The topological polar surface area (TPSA) is 38.9 Å². The molecule has 0 saturated heterocycles. The summed E-state index contributed by atoms with van der Waals surface area (Å²) in [6.45, 7) is 4.88. The first kappa shape index (κ1) is 9.62. The van der Waals surface area contributed by atoms with Gasteiger partial charge in [0.15, 0.2) is 0 Å². The van der Waals surface area contributed by atoms with Crippen molar-refractivity contribution in [3.63, 3.8) is 0 Å². The van der Waals surface area contributed by atoms with Crippen molar-refractivity contribution in [3.05, 3.63) is 28.8 Å². The van der Waals surface area contributed by atoms with Crippen LogP contribution >= 0.6 is 11.3 Å². The lowest BCUT2D eigenvalue weighted by Gasteiger charge is -2.00. The van der Waals surface area contributed by atoms with E-state index in [1.54, 1.807) is 11.3 Å². The highest BCUT2D eigenvalue weighted by molar-refractivity contribution is 7.18. The van der Waals surface area contributed by atoms with Gasteiger partial charge in [0, 0.05) is 12.5 Å². The first-order chi connectivity index (χ1) is 6.70. The first-order valence-corrected chi connectivity index (χ1v) is 5.59. The fourth-order valence-electron chi connectivity index (χ4n) is 1.36. The van der Waals surface area contributed by atoms with Crippen LogP contribution in [-0.4, -0.2) is 11.5 Å². The summed E-state index contributed by atoms with van der Waals surface area (Å²) >= 11 is 1.75. The van der Waals surface area contributed by atoms with E-state index in [4.69, 9.17) is 5.73 Å². The van der Waals surface area contributed by atoms with E-state index in [9.17, 15) is 0 Å². The molecule has 1 atom stereocenters. The lowest BCUT2D eigenvalue weighted by Crippen LogP contribution is -2.08. The van der Waals surface area contributed by atoms with Gasteiger partial charge in [-0.05, 0) is 24.6 Å². The Morgan fingerprint density at radius 2 is 2.29 bits per heavy atom. The van der Waals surface area contributed by atoms with Crippen molar-refractivity contribution in [2.75, 3.05) is 6.54 Å². The van der Waals surface area contributed by atoms with Crippen molar-refractivity contribution in [1.29, 1.82) is 0 Å². The lowest BCUT2D eigenvalue weighted by molar-refractivity contribution is 0.768. The minimum absolute atomic E-state index is 0.368. The first-order valence-electron chi connectivity index (χ1n) is 4.78. The van der Waals surface area contributed by atoms with Crippen LogP contribution in [0.15, 0.2) is 18.2 Å². The number of nitrogens with zero attached hydrogens (tertiary/aromatic N) is 1. The van der Waals surface area contributed by atoms with Crippen LogP contribution < -0.4 is 5.73 Å². The molecule has 0 bridgehead atoms. The summed E-state index contributed by atoms with van der Waals surface area (Å²) in [5.41, 5.74) is 8.00. The van der Waals surface area contributed by atoms with E-state index in [0.717, 1.165) is 10.5 Å². The summed E-state index contributed by atoms with van der Waals surface area (Å²) in [5.74, 6) is 0.368. The Morgan fingerprint density at radius 1 is 1.50 bits per heavy atom. The fourth-order valence-corrected chi connectivity index (χ4v) is 2.49. The van der Waals surface area contributed by atoms with Gasteiger partial charge in [0.25, 0.3) is 0 Å². The summed E-state index contributed by atoms with van der Waals surface area (Å²) in [5, 5.41) is 1.15. The predicted molar refractivity (Wildman–Crippen MR) is 61.8 cm³/mol. The van der Waals surface area contributed by atoms with E-state index in [0.29, 0.717) is 12.5 Å². The molecule has 0 spiro atoms. The maximum atomic E-state index is 5.62. The Balaban J connectivity index is 2.51. The van der Waals surface area contributed by atoms with Crippen molar-refractivity contribution >= 4 is 21.6 Å². The number of hydrogen-bond donors (Lipinski definition) is 1. The highest BCUT2D eigenvalue weighted by Gasteiger charge is 2.09. The second-order valence-electron chi connectivity index (χ2n) is 3.66. The monoisotopic (exact) mass is 206 g/mol. The zero-order valence-corrected chi connectivity index (χ0v) is 9.27. The molecule has 1 unspecified atom stereocenters. The molecule has 2 N–H and O–H groups in total. The smallest absolute Gasteiger partial charge is 0.0979 e. The number of hydrogen-bond acceptors (Lipinski definition) is 3. The summed E-state index contributed by atoms with van der Waals surface area (Å²) in [4.78, 5) is 4.56. The number of fused-ring (bicyclic) bond motifs is 1. The number of thiazole rings is 1. The molecule has 0 saturated carbocycles. The number of aromatic nitrogens is 1. The molecule has 2 nitrogen and oxygen atoms in total. The van der Waals surface area contributed by atoms with Gasteiger partial charge < -0.3 is 5.73 Å². The van der Waals surface area contributed by atoms with E-state index in [1.165, 1.54) is 10.3 Å². The van der Waals surface area contributed by atoms with Crippen LogP contribution in [0.4, 0.5) is 0 Å². The van der Waals surface area contributed by atoms with Gasteiger partial charge in [-0.3, -0.25) is 0 Å². The molecule has 74 valence electrons. The molecule has 2 rings (SSSR count). The summed E-state index contributed by atoms with van der Waals surface area (Å²) in [6.07, 6.45) is 0. The third-order valence-corrected chi connectivity index (χ3v) is 3.59. The molecule has 1 aromatic heterocycles. The van der Waals surface area contributed by atoms with Gasteiger partial charge in [0.2, 0.25) is 0 Å². The van der Waals surface area contributed by atoms with Gasteiger partial charge in [-0.1, -0.05) is 13.0 Å². The average Bonchev–Trinajstić information content (AvgIpc) is 2.59. The molecule has 1 heterocycles. The Bertz CT molecular complexity index is 447. The van der Waals surface area contributed by atoms with Gasteiger partial charge in [-0.2, -0.15) is 0 Å². The van der Waals surface area contributed by atoms with E-state index < -0.39 is 0 Å². The highest BCUT2D eigenvalue weighted by Crippen LogP contribution is 2.27. The Kier molecular flexibility index (Phi) is 2.52. The maximum Gasteiger partial charge on any atom is 0.0979 e. The van der Waals surface area contributed by atoms with Crippen LogP contribution in [0, 0.1) is 6.92 Å². The third kappa shape index (κ3) is 1.65. The van der Waals surface area contributed by atoms with Crippen molar-refractivity contribution in [2.24, 2.45) is 5.73 Å². The third-order valence-electron chi connectivity index (χ3n) is 2.34.